The molecular formula is C17H20ClN3O. The van der Waals surface area contributed by atoms with E-state index in [0.717, 1.165) is 6.54 Å². The molecule has 1 aromatic heterocycles. The largest absolute Gasteiger partial charge is 0.322 e. The van der Waals surface area contributed by atoms with E-state index in [1.807, 2.05) is 11.9 Å². The molecule has 0 radical (unpaired) electrons. The molecule has 1 amide bonds. The molecule has 0 aliphatic rings. The number of nitrogens with zero attached hydrogens (tertiary/aromatic N) is 2. The van der Waals surface area contributed by atoms with Crippen molar-refractivity contribution in [3.8, 4) is 0 Å². The van der Waals surface area contributed by atoms with Gasteiger partial charge in [-0.1, -0.05) is 35.4 Å². The molecule has 0 aliphatic heterocycles. The van der Waals surface area contributed by atoms with Crippen LogP contribution in [0.1, 0.15) is 16.7 Å². The number of amides is 1. The van der Waals surface area contributed by atoms with E-state index in [1.165, 1.54) is 16.7 Å². The van der Waals surface area contributed by atoms with E-state index in [4.69, 9.17) is 11.6 Å². The first kappa shape index (κ1) is 16.5. The van der Waals surface area contributed by atoms with Gasteiger partial charge in [0.25, 0.3) is 0 Å². The van der Waals surface area contributed by atoms with Crippen LogP contribution in [0.5, 0.6) is 0 Å². The number of benzene rings is 1. The fourth-order valence-corrected chi connectivity index (χ4v) is 2.45. The monoisotopic (exact) mass is 317 g/mol. The van der Waals surface area contributed by atoms with E-state index < -0.39 is 0 Å². The Morgan fingerprint density at radius 1 is 1.32 bits per heavy atom. The summed E-state index contributed by atoms with van der Waals surface area (Å²) in [5, 5.41) is 3.07. The first-order valence-corrected chi connectivity index (χ1v) is 7.48. The molecule has 0 bridgehead atoms. The van der Waals surface area contributed by atoms with Gasteiger partial charge in [0.1, 0.15) is 0 Å². The van der Waals surface area contributed by atoms with Crippen molar-refractivity contribution in [1.29, 1.82) is 0 Å². The second-order valence-corrected chi connectivity index (χ2v) is 5.85. The Morgan fingerprint density at radius 2 is 2.09 bits per heavy atom. The van der Waals surface area contributed by atoms with Gasteiger partial charge in [0.15, 0.2) is 5.15 Å². The molecule has 0 spiro atoms. The molecule has 1 heterocycles. The Hall–Kier alpha value is -1.91. The van der Waals surface area contributed by atoms with Crippen LogP contribution in [0.3, 0.4) is 0 Å². The highest BCUT2D eigenvalue weighted by atomic mass is 35.5. The van der Waals surface area contributed by atoms with Gasteiger partial charge in [-0.3, -0.25) is 9.69 Å². The highest BCUT2D eigenvalue weighted by molar-refractivity contribution is 6.32. The number of aromatic nitrogens is 1. The minimum atomic E-state index is -0.109. The second kappa shape index (κ2) is 7.38. The quantitative estimate of drug-likeness (QED) is 0.859. The van der Waals surface area contributed by atoms with Crippen molar-refractivity contribution >= 4 is 23.2 Å². The lowest BCUT2D eigenvalue weighted by molar-refractivity contribution is -0.117. The molecule has 1 aromatic carbocycles. The van der Waals surface area contributed by atoms with Crippen LogP contribution in [0.4, 0.5) is 5.69 Å². The normalized spacial score (nSPS) is 10.8. The topological polar surface area (TPSA) is 45.2 Å². The van der Waals surface area contributed by atoms with Crippen LogP contribution in [-0.2, 0) is 11.3 Å². The number of likely N-dealkylation sites (N-methyl/N-ethyl adjacent to an activating group) is 1. The van der Waals surface area contributed by atoms with E-state index in [2.05, 4.69) is 42.3 Å². The van der Waals surface area contributed by atoms with Gasteiger partial charge in [0.2, 0.25) is 5.91 Å². The summed E-state index contributed by atoms with van der Waals surface area (Å²) >= 11 is 5.93. The summed E-state index contributed by atoms with van der Waals surface area (Å²) < 4.78 is 0. The van der Waals surface area contributed by atoms with Gasteiger partial charge in [0.05, 0.1) is 12.2 Å². The van der Waals surface area contributed by atoms with E-state index in [1.54, 1.807) is 18.3 Å². The van der Waals surface area contributed by atoms with Crippen molar-refractivity contribution < 1.29 is 4.79 Å². The maximum atomic E-state index is 12.1. The molecule has 0 atom stereocenters. The first-order valence-electron chi connectivity index (χ1n) is 7.11. The van der Waals surface area contributed by atoms with E-state index in [-0.39, 0.29) is 5.91 Å². The Balaban J connectivity index is 1.92. The molecule has 5 heteroatoms. The van der Waals surface area contributed by atoms with Crippen LogP contribution in [0, 0.1) is 13.8 Å². The molecule has 22 heavy (non-hydrogen) atoms. The molecule has 0 saturated carbocycles. The molecule has 2 aromatic rings. The maximum absolute atomic E-state index is 12.1. The van der Waals surface area contributed by atoms with Crippen LogP contribution in [0.25, 0.3) is 0 Å². The van der Waals surface area contributed by atoms with Crippen molar-refractivity contribution in [3.63, 3.8) is 0 Å². The lowest BCUT2D eigenvalue weighted by Gasteiger charge is -2.18. The molecule has 0 fully saturated rings. The summed E-state index contributed by atoms with van der Waals surface area (Å²) in [6.45, 7) is 5.18. The summed E-state index contributed by atoms with van der Waals surface area (Å²) in [5.41, 5.74) is 4.24. The third kappa shape index (κ3) is 4.55. The van der Waals surface area contributed by atoms with Crippen LogP contribution in [0.15, 0.2) is 36.5 Å². The summed E-state index contributed by atoms with van der Waals surface area (Å²) in [6.07, 6.45) is 1.59. The summed E-state index contributed by atoms with van der Waals surface area (Å²) in [7, 11) is 1.92. The van der Waals surface area contributed by atoms with Gasteiger partial charge in [-0.05, 0) is 44.2 Å². The number of aryl methyl sites for hydroxylation is 2. The Kier molecular flexibility index (Phi) is 5.52. The van der Waals surface area contributed by atoms with Crippen LogP contribution >= 0.6 is 11.6 Å². The van der Waals surface area contributed by atoms with Gasteiger partial charge >= 0.3 is 0 Å². The molecule has 0 aliphatic carbocycles. The van der Waals surface area contributed by atoms with Crippen molar-refractivity contribution in [2.45, 2.75) is 20.4 Å². The van der Waals surface area contributed by atoms with Crippen LogP contribution in [0.2, 0.25) is 5.15 Å². The molecule has 0 saturated heterocycles. The number of nitrogens with one attached hydrogen (secondary N) is 1. The zero-order valence-electron chi connectivity index (χ0n) is 13.1. The Bertz CT molecular complexity index is 673. The number of hydrogen-bond donors (Lipinski definition) is 1. The number of rotatable bonds is 5. The van der Waals surface area contributed by atoms with Gasteiger partial charge < -0.3 is 5.32 Å². The predicted molar refractivity (Wildman–Crippen MR) is 90.1 cm³/mol. The Labute approximate surface area is 136 Å². The van der Waals surface area contributed by atoms with E-state index in [0.29, 0.717) is 17.4 Å². The number of anilines is 1. The van der Waals surface area contributed by atoms with Gasteiger partial charge in [0, 0.05) is 12.7 Å². The van der Waals surface area contributed by atoms with Crippen molar-refractivity contribution in [1.82, 2.24) is 9.88 Å². The Morgan fingerprint density at radius 3 is 2.77 bits per heavy atom. The van der Waals surface area contributed by atoms with E-state index in [9.17, 15) is 4.79 Å². The number of halogens is 1. The maximum Gasteiger partial charge on any atom is 0.238 e. The van der Waals surface area contributed by atoms with Crippen molar-refractivity contribution in [2.75, 3.05) is 18.9 Å². The highest BCUT2D eigenvalue weighted by Crippen LogP contribution is 2.17. The second-order valence-electron chi connectivity index (χ2n) is 5.49. The fraction of sp³-hybridized carbons (Fsp3) is 0.294. The number of hydrogen-bond acceptors (Lipinski definition) is 3. The van der Waals surface area contributed by atoms with Gasteiger partial charge in [-0.2, -0.15) is 0 Å². The smallest absolute Gasteiger partial charge is 0.238 e. The van der Waals surface area contributed by atoms with Crippen molar-refractivity contribution in [3.05, 3.63) is 58.4 Å². The summed E-state index contributed by atoms with van der Waals surface area (Å²) in [5.74, 6) is -0.109. The number of pyridine rings is 1. The van der Waals surface area contributed by atoms with Crippen molar-refractivity contribution in [2.24, 2.45) is 0 Å². The lowest BCUT2D eigenvalue weighted by atomic mass is 10.1. The van der Waals surface area contributed by atoms with Gasteiger partial charge in [-0.15, -0.1) is 0 Å². The molecule has 2 rings (SSSR count). The predicted octanol–water partition coefficient (Wildman–Crippen LogP) is 3.42. The fourth-order valence-electron chi connectivity index (χ4n) is 2.28. The lowest BCUT2D eigenvalue weighted by Crippen LogP contribution is -2.30. The van der Waals surface area contributed by atoms with Crippen LogP contribution in [-0.4, -0.2) is 29.4 Å². The highest BCUT2D eigenvalue weighted by Gasteiger charge is 2.10. The minimum absolute atomic E-state index is 0.109. The summed E-state index contributed by atoms with van der Waals surface area (Å²) in [4.78, 5) is 18.0. The van der Waals surface area contributed by atoms with E-state index >= 15 is 0 Å². The third-order valence-corrected chi connectivity index (χ3v) is 3.69. The first-order chi connectivity index (χ1) is 10.5. The SMILES string of the molecule is Cc1ccc(CN(C)CC(=O)Nc2cccnc2Cl)c(C)c1. The number of carbonyl (C=O) groups excluding carboxylic acids is 1. The average Bonchev–Trinajstić information content (AvgIpc) is 2.44. The molecule has 1 N–H and O–H groups in total. The average molecular weight is 318 g/mol. The zero-order chi connectivity index (χ0) is 16.1. The third-order valence-electron chi connectivity index (χ3n) is 3.39. The molecular weight excluding hydrogens is 298 g/mol. The molecule has 116 valence electrons. The molecule has 0 unspecified atom stereocenters. The van der Waals surface area contributed by atoms with Gasteiger partial charge in [-0.25, -0.2) is 4.98 Å². The molecule has 4 nitrogen and oxygen atoms in total. The minimum Gasteiger partial charge on any atom is -0.322 e. The summed E-state index contributed by atoms with van der Waals surface area (Å²) in [6, 6.07) is 9.82. The standard InChI is InChI=1S/C17H20ClN3O/c1-12-6-7-14(13(2)9-12)10-21(3)11-16(22)20-15-5-4-8-19-17(15)18/h4-9H,10-11H2,1-3H3,(H,20,22). The van der Waals surface area contributed by atoms with Crippen LogP contribution < -0.4 is 5.32 Å². The zero-order valence-corrected chi connectivity index (χ0v) is 13.8. The number of carbonyl (C=O) groups is 1.